The second kappa shape index (κ2) is 6.28. The van der Waals surface area contributed by atoms with Gasteiger partial charge in [-0.3, -0.25) is 0 Å². The number of aromatic nitrogens is 3. The Morgan fingerprint density at radius 3 is 1.95 bits per heavy atom. The van der Waals surface area contributed by atoms with Gasteiger partial charge in [-0.2, -0.15) is 0 Å². The Balaban J connectivity index is 0.000000441. The Hall–Kier alpha value is -0.850. The van der Waals surface area contributed by atoms with Gasteiger partial charge >= 0.3 is 33.0 Å². The second-order valence-electron chi connectivity index (χ2n) is 4.38. The molecule has 0 N–H and O–H groups in total. The van der Waals surface area contributed by atoms with Crippen molar-refractivity contribution in [2.45, 2.75) is 52.6 Å². The normalized spacial score (nSPS) is 15.0. The third kappa shape index (κ3) is 17.2. The van der Waals surface area contributed by atoms with Crippen LogP contribution in [0, 0.1) is 0 Å². The van der Waals surface area contributed by atoms with E-state index in [9.17, 15) is 25.2 Å². The van der Waals surface area contributed by atoms with Gasteiger partial charge in [0.05, 0.1) is 5.21 Å². The van der Waals surface area contributed by atoms with Gasteiger partial charge in [0.25, 0.3) is 0 Å². The van der Waals surface area contributed by atoms with Crippen LogP contribution in [0.3, 0.4) is 0 Å². The summed E-state index contributed by atoms with van der Waals surface area (Å²) in [4.78, 5) is 0. The van der Waals surface area contributed by atoms with Crippen LogP contribution in [0.5, 0.6) is 0 Å². The van der Waals surface area contributed by atoms with Crippen molar-refractivity contribution in [1.29, 1.82) is 0 Å². The summed E-state index contributed by atoms with van der Waals surface area (Å²) in [6, 6.07) is 0. The van der Waals surface area contributed by atoms with Crippen LogP contribution in [-0.2, 0) is 13.1 Å². The third-order valence-electron chi connectivity index (χ3n) is 2.12. The van der Waals surface area contributed by atoms with E-state index in [2.05, 4.69) is 31.5 Å². The van der Waals surface area contributed by atoms with Gasteiger partial charge in [0.1, 0.15) is 13.1 Å². The molecule has 1 rings (SSSR count). The number of unbranched alkanes of at least 4 members (excludes halogenated alkanes) is 2. The Kier molecular flexibility index (Phi) is 6.02. The first-order valence-electron chi connectivity index (χ1n) is 6.31. The average molecular weight is 327 g/mol. The van der Waals surface area contributed by atoms with Crippen molar-refractivity contribution in [1.82, 2.24) is 9.90 Å². The molecule has 0 saturated carbocycles. The molecule has 0 bridgehead atoms. The van der Waals surface area contributed by atoms with Crippen molar-refractivity contribution < 1.29 is 29.9 Å². The van der Waals surface area contributed by atoms with E-state index >= 15 is 0 Å². The summed E-state index contributed by atoms with van der Waals surface area (Å²) < 4.78 is 63.2. The predicted molar refractivity (Wildman–Crippen MR) is 65.8 cm³/mol. The molecule has 0 atom stereocenters. The molecule has 122 valence electrons. The van der Waals surface area contributed by atoms with Crippen LogP contribution in [0.2, 0.25) is 0 Å². The molecule has 0 aliphatic carbocycles. The molecule has 1 aromatic heterocycles. The summed E-state index contributed by atoms with van der Waals surface area (Å²) in [7, 11) is -10.7. The molecule has 0 amide bonds. The van der Waals surface area contributed by atoms with E-state index in [1.165, 1.54) is 25.7 Å². The van der Waals surface area contributed by atoms with Gasteiger partial charge < -0.3 is 0 Å². The zero-order chi connectivity index (χ0) is 15.9. The van der Waals surface area contributed by atoms with Gasteiger partial charge in [-0.25, -0.2) is 0 Å². The zero-order valence-electron chi connectivity index (χ0n) is 11.5. The molecule has 0 aliphatic rings. The molecule has 20 heavy (non-hydrogen) atoms. The molecule has 0 radical (unpaired) electrons. The molecule has 0 spiro atoms. The molecule has 1 heterocycles. The van der Waals surface area contributed by atoms with E-state index in [-0.39, 0.29) is 0 Å². The number of halogens is 6. The molecular formula is C10H20F6N3P. The number of hydrogen-bond donors (Lipinski definition) is 0. The molecule has 10 heteroatoms. The molecule has 0 fully saturated rings. The topological polar surface area (TPSA) is 21.7 Å². The van der Waals surface area contributed by atoms with E-state index in [1.807, 2.05) is 9.36 Å². The summed E-state index contributed by atoms with van der Waals surface area (Å²) in [5, 5.41) is 4.42. The van der Waals surface area contributed by atoms with Crippen molar-refractivity contribution in [2.24, 2.45) is 0 Å². The van der Waals surface area contributed by atoms with Crippen molar-refractivity contribution in [3.8, 4) is 0 Å². The van der Waals surface area contributed by atoms with Gasteiger partial charge in [-0.1, -0.05) is 26.7 Å². The standard InChI is InChI=1S/C10H20N3.F6P/c1-3-5-7-12-9-10-13(11-12)8-6-4-2;1-7(2,3,4,5)6/h9-10H,3-8H2,1-2H3;/q+1;-1. The van der Waals surface area contributed by atoms with Crippen LogP contribution in [0.4, 0.5) is 25.2 Å². The van der Waals surface area contributed by atoms with Crippen molar-refractivity contribution in [2.75, 3.05) is 0 Å². The zero-order valence-corrected chi connectivity index (χ0v) is 12.3. The Morgan fingerprint density at radius 1 is 1.00 bits per heavy atom. The van der Waals surface area contributed by atoms with Crippen molar-refractivity contribution in [3.63, 3.8) is 0 Å². The van der Waals surface area contributed by atoms with Crippen LogP contribution in [0.15, 0.2) is 12.4 Å². The van der Waals surface area contributed by atoms with E-state index in [4.69, 9.17) is 0 Å². The van der Waals surface area contributed by atoms with Gasteiger partial charge in [-0.15, -0.1) is 9.36 Å². The van der Waals surface area contributed by atoms with Crippen LogP contribution in [-0.4, -0.2) is 9.90 Å². The first kappa shape index (κ1) is 19.1. The molecule has 1 aromatic rings. The SMILES string of the molecule is CCCCn1cc[n+](CCCC)n1.F[P-](F)(F)(F)(F)F. The van der Waals surface area contributed by atoms with E-state index in [0.717, 1.165) is 13.1 Å². The average Bonchev–Trinajstić information content (AvgIpc) is 2.67. The van der Waals surface area contributed by atoms with Gasteiger partial charge in [0.15, 0.2) is 12.4 Å². The van der Waals surface area contributed by atoms with Crippen LogP contribution >= 0.6 is 7.81 Å². The molecule has 0 unspecified atom stereocenters. The van der Waals surface area contributed by atoms with E-state index in [0.29, 0.717) is 0 Å². The molecule has 3 nitrogen and oxygen atoms in total. The first-order valence-corrected chi connectivity index (χ1v) is 8.34. The van der Waals surface area contributed by atoms with Gasteiger partial charge in [0.2, 0.25) is 0 Å². The number of hydrogen-bond acceptors (Lipinski definition) is 1. The second-order valence-corrected chi connectivity index (χ2v) is 6.30. The monoisotopic (exact) mass is 327 g/mol. The Labute approximate surface area is 113 Å². The quantitative estimate of drug-likeness (QED) is 0.402. The third-order valence-corrected chi connectivity index (χ3v) is 2.12. The van der Waals surface area contributed by atoms with Crippen LogP contribution < -0.4 is 4.68 Å². The fourth-order valence-corrected chi connectivity index (χ4v) is 1.24. The molecule has 0 aromatic carbocycles. The minimum absolute atomic E-state index is 1.05. The summed E-state index contributed by atoms with van der Waals surface area (Å²) in [6.07, 6.45) is 9.02. The van der Waals surface area contributed by atoms with E-state index in [1.54, 1.807) is 0 Å². The Bertz CT molecular complexity index is 365. The van der Waals surface area contributed by atoms with Crippen LogP contribution in [0.1, 0.15) is 39.5 Å². The van der Waals surface area contributed by atoms with Gasteiger partial charge in [0, 0.05) is 0 Å². The number of aryl methyl sites for hydroxylation is 2. The fourth-order valence-electron chi connectivity index (χ4n) is 1.24. The molecule has 0 aliphatic heterocycles. The maximum absolute atomic E-state index is 10.7. The predicted octanol–water partition coefficient (Wildman–Crippen LogP) is 5.15. The maximum atomic E-state index is 9.87. The van der Waals surface area contributed by atoms with E-state index < -0.39 is 7.81 Å². The minimum atomic E-state index is -10.7. The number of rotatable bonds is 6. The fraction of sp³-hybridized carbons (Fsp3) is 0.800. The number of nitrogens with zero attached hydrogens (tertiary/aromatic N) is 3. The Morgan fingerprint density at radius 2 is 1.50 bits per heavy atom. The molecule has 0 saturated heterocycles. The van der Waals surface area contributed by atoms with Gasteiger partial charge in [-0.05, 0) is 12.8 Å². The summed E-state index contributed by atoms with van der Waals surface area (Å²) in [5.41, 5.74) is 0. The first-order chi connectivity index (χ1) is 8.81. The molecular weight excluding hydrogens is 307 g/mol. The van der Waals surface area contributed by atoms with Crippen molar-refractivity contribution >= 4 is 7.81 Å². The summed E-state index contributed by atoms with van der Waals surface area (Å²) >= 11 is 0. The summed E-state index contributed by atoms with van der Waals surface area (Å²) in [6.45, 7) is 6.51. The van der Waals surface area contributed by atoms with Crippen molar-refractivity contribution in [3.05, 3.63) is 12.4 Å². The van der Waals surface area contributed by atoms with Crippen LogP contribution in [0.25, 0.3) is 0 Å². The summed E-state index contributed by atoms with van der Waals surface area (Å²) in [5.74, 6) is 0.